The molecular weight excluding hydrogens is 292 g/mol. The summed E-state index contributed by atoms with van der Waals surface area (Å²) in [5, 5.41) is 0. The van der Waals surface area contributed by atoms with Crippen LogP contribution >= 0.6 is 15.9 Å². The van der Waals surface area contributed by atoms with Gasteiger partial charge >= 0.3 is 0 Å². The molecule has 0 atom stereocenters. The zero-order valence-corrected chi connectivity index (χ0v) is 10.4. The molecule has 0 aliphatic rings. The van der Waals surface area contributed by atoms with E-state index in [0.29, 0.717) is 10.0 Å². The standard InChI is InChI=1S/C11H8BrF2N3/c1-5-9(14)10(15)17-11(16-5)6-2-3-7(12)8(13)4-6/h2-4H,1H3,(H2,15,16,17). The van der Waals surface area contributed by atoms with E-state index in [4.69, 9.17) is 5.73 Å². The van der Waals surface area contributed by atoms with Gasteiger partial charge in [0.15, 0.2) is 17.5 Å². The van der Waals surface area contributed by atoms with E-state index in [0.717, 1.165) is 0 Å². The number of anilines is 1. The quantitative estimate of drug-likeness (QED) is 0.880. The number of aryl methyl sites for hydroxylation is 1. The predicted molar refractivity (Wildman–Crippen MR) is 64.2 cm³/mol. The van der Waals surface area contributed by atoms with E-state index in [1.165, 1.54) is 19.1 Å². The Balaban J connectivity index is 2.57. The van der Waals surface area contributed by atoms with Crippen molar-refractivity contribution in [2.75, 3.05) is 5.73 Å². The maximum Gasteiger partial charge on any atom is 0.186 e. The Kier molecular flexibility index (Phi) is 3.06. The molecule has 3 nitrogen and oxygen atoms in total. The molecule has 2 aromatic rings. The molecule has 0 bridgehead atoms. The molecule has 2 rings (SSSR count). The normalized spacial score (nSPS) is 10.6. The lowest BCUT2D eigenvalue weighted by Gasteiger charge is -2.05. The lowest BCUT2D eigenvalue weighted by atomic mass is 10.2. The number of halogens is 3. The Bertz CT molecular complexity index is 564. The number of rotatable bonds is 1. The maximum atomic E-state index is 13.3. The molecule has 0 unspecified atom stereocenters. The molecule has 0 spiro atoms. The first-order chi connectivity index (χ1) is 7.99. The van der Waals surface area contributed by atoms with Crippen LogP contribution in [0.15, 0.2) is 22.7 Å². The third-order valence-corrected chi connectivity index (χ3v) is 2.86. The number of nitrogen functional groups attached to an aromatic ring is 1. The van der Waals surface area contributed by atoms with E-state index in [2.05, 4.69) is 25.9 Å². The van der Waals surface area contributed by atoms with E-state index in [9.17, 15) is 8.78 Å². The Hall–Kier alpha value is -1.56. The van der Waals surface area contributed by atoms with Crippen LogP contribution in [0, 0.1) is 18.6 Å². The fraction of sp³-hybridized carbons (Fsp3) is 0.0909. The number of hydrogen-bond acceptors (Lipinski definition) is 3. The van der Waals surface area contributed by atoms with Crippen LogP contribution < -0.4 is 5.73 Å². The molecule has 0 fully saturated rings. The largest absolute Gasteiger partial charge is 0.381 e. The Morgan fingerprint density at radius 1 is 1.24 bits per heavy atom. The Morgan fingerprint density at radius 2 is 1.94 bits per heavy atom. The van der Waals surface area contributed by atoms with Gasteiger partial charge in [-0.2, -0.15) is 0 Å². The van der Waals surface area contributed by atoms with Crippen molar-refractivity contribution < 1.29 is 8.78 Å². The number of aromatic nitrogens is 2. The van der Waals surface area contributed by atoms with Crippen LogP contribution in [0.1, 0.15) is 5.69 Å². The summed E-state index contributed by atoms with van der Waals surface area (Å²) in [5.41, 5.74) is 5.98. The molecule has 0 amide bonds. The molecule has 0 saturated carbocycles. The first kappa shape index (κ1) is 11.9. The summed E-state index contributed by atoms with van der Waals surface area (Å²) in [6.07, 6.45) is 0. The molecule has 1 aromatic heterocycles. The highest BCUT2D eigenvalue weighted by Crippen LogP contribution is 2.23. The van der Waals surface area contributed by atoms with Crippen molar-refractivity contribution in [3.8, 4) is 11.4 Å². The molecule has 0 aliphatic carbocycles. The molecule has 0 saturated heterocycles. The van der Waals surface area contributed by atoms with Crippen LogP contribution in [-0.2, 0) is 0 Å². The summed E-state index contributed by atoms with van der Waals surface area (Å²) in [7, 11) is 0. The van der Waals surface area contributed by atoms with Crippen molar-refractivity contribution in [2.24, 2.45) is 0 Å². The molecule has 0 aliphatic heterocycles. The molecule has 1 heterocycles. The minimum atomic E-state index is -0.647. The predicted octanol–water partition coefficient (Wildman–Crippen LogP) is 3.07. The van der Waals surface area contributed by atoms with Gasteiger partial charge in [0.2, 0.25) is 0 Å². The highest BCUT2D eigenvalue weighted by Gasteiger charge is 2.11. The molecular formula is C11H8BrF2N3. The smallest absolute Gasteiger partial charge is 0.186 e. The lowest BCUT2D eigenvalue weighted by molar-refractivity contribution is 0.608. The van der Waals surface area contributed by atoms with Gasteiger partial charge in [0.05, 0.1) is 10.2 Å². The van der Waals surface area contributed by atoms with Crippen molar-refractivity contribution >= 4 is 21.7 Å². The topological polar surface area (TPSA) is 51.8 Å². The van der Waals surface area contributed by atoms with Crippen LogP contribution in [-0.4, -0.2) is 9.97 Å². The second kappa shape index (κ2) is 4.37. The van der Waals surface area contributed by atoms with Crippen molar-refractivity contribution in [3.63, 3.8) is 0 Å². The van der Waals surface area contributed by atoms with E-state index in [1.54, 1.807) is 6.07 Å². The van der Waals surface area contributed by atoms with E-state index in [-0.39, 0.29) is 17.3 Å². The van der Waals surface area contributed by atoms with Crippen molar-refractivity contribution in [2.45, 2.75) is 6.92 Å². The minimum absolute atomic E-state index is 0.135. The summed E-state index contributed by atoms with van der Waals surface area (Å²) >= 11 is 3.04. The number of nitrogens with two attached hydrogens (primary N) is 1. The monoisotopic (exact) mass is 299 g/mol. The fourth-order valence-corrected chi connectivity index (χ4v) is 1.59. The van der Waals surface area contributed by atoms with Crippen LogP contribution in [0.4, 0.5) is 14.6 Å². The van der Waals surface area contributed by atoms with E-state index < -0.39 is 11.6 Å². The van der Waals surface area contributed by atoms with Gasteiger partial charge in [-0.05, 0) is 41.1 Å². The van der Waals surface area contributed by atoms with Gasteiger partial charge in [0.1, 0.15) is 5.82 Å². The average Bonchev–Trinajstić information content (AvgIpc) is 2.29. The fourth-order valence-electron chi connectivity index (χ4n) is 1.35. The Morgan fingerprint density at radius 3 is 2.53 bits per heavy atom. The van der Waals surface area contributed by atoms with E-state index >= 15 is 0 Å². The summed E-state index contributed by atoms with van der Waals surface area (Å²) in [5.74, 6) is -1.12. The minimum Gasteiger partial charge on any atom is -0.381 e. The van der Waals surface area contributed by atoms with Gasteiger partial charge < -0.3 is 5.73 Å². The first-order valence-corrected chi connectivity index (χ1v) is 5.53. The Labute approximate surface area is 105 Å². The third-order valence-electron chi connectivity index (χ3n) is 2.22. The molecule has 6 heteroatoms. The summed E-state index contributed by atoms with van der Waals surface area (Å²) in [6.45, 7) is 1.48. The first-order valence-electron chi connectivity index (χ1n) is 4.74. The van der Waals surface area contributed by atoms with Crippen molar-refractivity contribution in [3.05, 3.63) is 40.0 Å². The summed E-state index contributed by atoms with van der Waals surface area (Å²) in [4.78, 5) is 7.71. The highest BCUT2D eigenvalue weighted by atomic mass is 79.9. The number of nitrogens with zero attached hydrogens (tertiary/aromatic N) is 2. The molecule has 88 valence electrons. The van der Waals surface area contributed by atoms with Gasteiger partial charge in [-0.15, -0.1) is 0 Å². The average molecular weight is 300 g/mol. The lowest BCUT2D eigenvalue weighted by Crippen LogP contribution is -2.03. The second-order valence-corrected chi connectivity index (χ2v) is 4.32. The van der Waals surface area contributed by atoms with Gasteiger partial charge in [-0.3, -0.25) is 0 Å². The summed E-state index contributed by atoms with van der Waals surface area (Å²) in [6, 6.07) is 4.42. The van der Waals surface area contributed by atoms with Gasteiger partial charge in [0.25, 0.3) is 0 Å². The zero-order chi connectivity index (χ0) is 12.6. The summed E-state index contributed by atoms with van der Waals surface area (Å²) < 4.78 is 26.9. The van der Waals surface area contributed by atoms with Crippen LogP contribution in [0.3, 0.4) is 0 Å². The van der Waals surface area contributed by atoms with E-state index in [1.807, 2.05) is 0 Å². The maximum absolute atomic E-state index is 13.3. The van der Waals surface area contributed by atoms with Crippen LogP contribution in [0.2, 0.25) is 0 Å². The third kappa shape index (κ3) is 2.26. The number of hydrogen-bond donors (Lipinski definition) is 1. The van der Waals surface area contributed by atoms with Crippen LogP contribution in [0.5, 0.6) is 0 Å². The van der Waals surface area contributed by atoms with Crippen molar-refractivity contribution in [1.82, 2.24) is 9.97 Å². The van der Waals surface area contributed by atoms with Gasteiger partial charge in [-0.1, -0.05) is 0 Å². The highest BCUT2D eigenvalue weighted by molar-refractivity contribution is 9.10. The molecule has 0 radical (unpaired) electrons. The SMILES string of the molecule is Cc1nc(-c2ccc(Br)c(F)c2)nc(N)c1F. The molecule has 17 heavy (non-hydrogen) atoms. The van der Waals surface area contributed by atoms with Crippen LogP contribution in [0.25, 0.3) is 11.4 Å². The van der Waals surface area contributed by atoms with Gasteiger partial charge in [-0.25, -0.2) is 18.7 Å². The second-order valence-electron chi connectivity index (χ2n) is 3.46. The zero-order valence-electron chi connectivity index (χ0n) is 8.84. The molecule has 1 aromatic carbocycles. The van der Waals surface area contributed by atoms with Gasteiger partial charge in [0, 0.05) is 5.56 Å². The molecule has 2 N–H and O–H groups in total. The number of benzene rings is 1. The van der Waals surface area contributed by atoms with Crippen molar-refractivity contribution in [1.29, 1.82) is 0 Å².